The Balaban J connectivity index is 1.62. The van der Waals surface area contributed by atoms with Gasteiger partial charge in [-0.25, -0.2) is 4.39 Å². The molecule has 0 amide bonds. The molecule has 4 aromatic carbocycles. The van der Waals surface area contributed by atoms with Crippen LogP contribution in [0.15, 0.2) is 124 Å². The predicted octanol–water partition coefficient (Wildman–Crippen LogP) is 7.24. The molecule has 0 aliphatic carbocycles. The van der Waals surface area contributed by atoms with Crippen molar-refractivity contribution in [2.75, 3.05) is 0 Å². The zero-order valence-corrected chi connectivity index (χ0v) is 17.9. The summed E-state index contributed by atoms with van der Waals surface area (Å²) in [5, 5.41) is 0. The molecule has 0 radical (unpaired) electrons. The summed E-state index contributed by atoms with van der Waals surface area (Å²) in [4.78, 5) is 3.80. The Morgan fingerprint density at radius 1 is 0.600 bits per heavy atom. The second kappa shape index (κ2) is 8.76. The summed E-state index contributed by atoms with van der Waals surface area (Å²) in [5.74, 6) is 0.547. The van der Waals surface area contributed by atoms with Gasteiger partial charge in [0.1, 0.15) is 17.2 Å². The molecule has 30 heavy (non-hydrogen) atoms. The summed E-state index contributed by atoms with van der Waals surface area (Å²) in [6.07, 6.45) is 0. The van der Waals surface area contributed by atoms with Crippen molar-refractivity contribution in [3.63, 3.8) is 0 Å². The van der Waals surface area contributed by atoms with E-state index in [-0.39, 0.29) is 16.7 Å². The highest BCUT2D eigenvalue weighted by Crippen LogP contribution is 2.33. The van der Waals surface area contributed by atoms with Crippen LogP contribution in [0.1, 0.15) is 19.4 Å². The van der Waals surface area contributed by atoms with Crippen molar-refractivity contribution in [2.24, 2.45) is 0 Å². The molecule has 0 heterocycles. The molecule has 0 fully saturated rings. The zero-order valence-electron chi connectivity index (χ0n) is 17.1. The Hall–Kier alpha value is -3.04. The van der Waals surface area contributed by atoms with Crippen molar-refractivity contribution in [3.05, 3.63) is 121 Å². The highest BCUT2D eigenvalue weighted by atomic mass is 32.2. The third-order valence-electron chi connectivity index (χ3n) is 4.93. The lowest BCUT2D eigenvalue weighted by molar-refractivity contribution is 0.108. The molecule has 0 saturated carbocycles. The van der Waals surface area contributed by atoms with Crippen molar-refractivity contribution in [3.8, 4) is 5.75 Å². The van der Waals surface area contributed by atoms with Crippen LogP contribution in [0, 0.1) is 5.82 Å². The van der Waals surface area contributed by atoms with Gasteiger partial charge in [-0.1, -0.05) is 48.5 Å². The summed E-state index contributed by atoms with van der Waals surface area (Å²) >= 11 is 0. The number of ether oxygens (including phenoxy) is 1. The lowest BCUT2D eigenvalue weighted by Gasteiger charge is -2.27. The third kappa shape index (κ3) is 4.58. The molecule has 0 N–H and O–H groups in total. The number of halogens is 1. The standard InChI is InChI=1S/C27H24FOS/c1-27(2,21-13-15-22(28)16-14-21)29-23-17-19-26(20-18-23)30(24-9-5-3-6-10-24)25-11-7-4-8-12-25/h3-20H,1-2H3/q+1. The molecule has 3 heteroatoms. The zero-order chi connectivity index (χ0) is 21.0. The molecule has 4 aromatic rings. The van der Waals surface area contributed by atoms with Crippen LogP contribution in [0.2, 0.25) is 0 Å². The first-order valence-corrected chi connectivity index (χ1v) is 11.1. The fourth-order valence-electron chi connectivity index (χ4n) is 3.37. The lowest BCUT2D eigenvalue weighted by Crippen LogP contribution is -2.25. The van der Waals surface area contributed by atoms with E-state index in [1.165, 1.54) is 26.8 Å². The summed E-state index contributed by atoms with van der Waals surface area (Å²) < 4.78 is 19.5. The van der Waals surface area contributed by atoms with Crippen molar-refractivity contribution in [2.45, 2.75) is 34.1 Å². The summed E-state index contributed by atoms with van der Waals surface area (Å²) in [6.45, 7) is 3.99. The number of hydrogen-bond donors (Lipinski definition) is 0. The fraction of sp³-hybridized carbons (Fsp3) is 0.111. The van der Waals surface area contributed by atoms with Gasteiger partial charge >= 0.3 is 0 Å². The van der Waals surface area contributed by atoms with Crippen LogP contribution < -0.4 is 4.74 Å². The van der Waals surface area contributed by atoms with Crippen molar-refractivity contribution < 1.29 is 9.13 Å². The van der Waals surface area contributed by atoms with Crippen molar-refractivity contribution >= 4 is 10.9 Å². The SMILES string of the molecule is CC(C)(Oc1ccc([S+](c2ccccc2)c2ccccc2)cc1)c1ccc(F)cc1. The Labute approximate surface area is 180 Å². The van der Waals surface area contributed by atoms with E-state index in [9.17, 15) is 4.39 Å². The molecule has 0 bridgehead atoms. The average molecular weight is 416 g/mol. The van der Waals surface area contributed by atoms with Gasteiger partial charge in [-0.15, -0.1) is 0 Å². The number of hydrogen-bond acceptors (Lipinski definition) is 1. The topological polar surface area (TPSA) is 9.23 Å². The monoisotopic (exact) mass is 415 g/mol. The van der Waals surface area contributed by atoms with E-state index in [0.29, 0.717) is 0 Å². The molecule has 0 aliphatic heterocycles. The molecule has 150 valence electrons. The molecule has 0 atom stereocenters. The quantitative estimate of drug-likeness (QED) is 0.302. The van der Waals surface area contributed by atoms with E-state index >= 15 is 0 Å². The van der Waals surface area contributed by atoms with Gasteiger partial charge in [0.25, 0.3) is 0 Å². The van der Waals surface area contributed by atoms with Gasteiger partial charge in [0, 0.05) is 0 Å². The maximum Gasteiger partial charge on any atom is 0.166 e. The molecule has 0 aromatic heterocycles. The molecule has 0 aliphatic rings. The fourth-order valence-corrected chi connectivity index (χ4v) is 5.45. The second-order valence-electron chi connectivity index (χ2n) is 7.52. The number of rotatable bonds is 6. The Morgan fingerprint density at radius 3 is 1.57 bits per heavy atom. The van der Waals surface area contributed by atoms with Crippen LogP contribution >= 0.6 is 0 Å². The van der Waals surface area contributed by atoms with Gasteiger partial charge in [-0.3, -0.25) is 0 Å². The van der Waals surface area contributed by atoms with E-state index in [2.05, 4.69) is 60.7 Å². The van der Waals surface area contributed by atoms with E-state index in [1.807, 2.05) is 38.1 Å². The van der Waals surface area contributed by atoms with Crippen LogP contribution in [-0.2, 0) is 16.5 Å². The minimum Gasteiger partial charge on any atom is -0.483 e. The smallest absolute Gasteiger partial charge is 0.166 e. The summed E-state index contributed by atoms with van der Waals surface area (Å²) in [7, 11) is -0.182. The Kier molecular flexibility index (Phi) is 5.91. The Bertz CT molecular complexity index is 1040. The average Bonchev–Trinajstić information content (AvgIpc) is 2.77. The molecule has 0 spiro atoms. The van der Waals surface area contributed by atoms with Gasteiger partial charge in [-0.05, 0) is 80.1 Å². The molecular weight excluding hydrogens is 391 g/mol. The first kappa shape index (κ1) is 20.2. The van der Waals surface area contributed by atoms with Crippen molar-refractivity contribution in [1.82, 2.24) is 0 Å². The van der Waals surface area contributed by atoms with Crippen LogP contribution in [0.4, 0.5) is 4.39 Å². The molecule has 0 saturated heterocycles. The normalized spacial score (nSPS) is 11.5. The van der Waals surface area contributed by atoms with E-state index in [1.54, 1.807) is 12.1 Å². The molecular formula is C27H24FOS+. The van der Waals surface area contributed by atoms with Gasteiger partial charge in [0.2, 0.25) is 0 Å². The highest BCUT2D eigenvalue weighted by Gasteiger charge is 2.29. The first-order valence-electron chi connectivity index (χ1n) is 9.92. The van der Waals surface area contributed by atoms with Gasteiger partial charge < -0.3 is 4.74 Å². The van der Waals surface area contributed by atoms with E-state index in [4.69, 9.17) is 4.74 Å². The van der Waals surface area contributed by atoms with Crippen LogP contribution in [0.5, 0.6) is 5.75 Å². The minimum absolute atomic E-state index is 0.182. The summed E-state index contributed by atoms with van der Waals surface area (Å²) in [6, 6.07) is 35.9. The van der Waals surface area contributed by atoms with E-state index < -0.39 is 5.60 Å². The third-order valence-corrected chi connectivity index (χ3v) is 7.16. The minimum atomic E-state index is -0.560. The number of benzene rings is 4. The molecule has 4 rings (SSSR count). The second-order valence-corrected chi connectivity index (χ2v) is 9.55. The predicted molar refractivity (Wildman–Crippen MR) is 122 cm³/mol. The van der Waals surface area contributed by atoms with E-state index in [0.717, 1.165) is 11.3 Å². The van der Waals surface area contributed by atoms with Crippen LogP contribution in [0.3, 0.4) is 0 Å². The Morgan fingerprint density at radius 2 is 1.07 bits per heavy atom. The van der Waals surface area contributed by atoms with Gasteiger partial charge in [-0.2, -0.15) is 0 Å². The maximum absolute atomic E-state index is 13.3. The van der Waals surface area contributed by atoms with Crippen LogP contribution in [0.25, 0.3) is 0 Å². The highest BCUT2D eigenvalue weighted by molar-refractivity contribution is 7.97. The van der Waals surface area contributed by atoms with Gasteiger partial charge in [0.05, 0.1) is 10.9 Å². The van der Waals surface area contributed by atoms with Crippen molar-refractivity contribution in [1.29, 1.82) is 0 Å². The largest absolute Gasteiger partial charge is 0.483 e. The lowest BCUT2D eigenvalue weighted by atomic mass is 9.98. The molecule has 1 nitrogen and oxygen atoms in total. The maximum atomic E-state index is 13.3. The summed E-state index contributed by atoms with van der Waals surface area (Å²) in [5.41, 5.74) is 0.372. The first-order chi connectivity index (χ1) is 14.5. The van der Waals surface area contributed by atoms with Crippen LogP contribution in [-0.4, -0.2) is 0 Å². The molecule has 0 unspecified atom stereocenters. The van der Waals surface area contributed by atoms with Gasteiger partial charge in [0.15, 0.2) is 14.7 Å².